The summed E-state index contributed by atoms with van der Waals surface area (Å²) in [5, 5.41) is 3.94. The molecule has 0 radical (unpaired) electrons. The van der Waals surface area contributed by atoms with E-state index in [1.54, 1.807) is 6.92 Å². The maximum atomic E-state index is 12.9. The lowest BCUT2D eigenvalue weighted by Gasteiger charge is -2.13. The highest BCUT2D eigenvalue weighted by Crippen LogP contribution is 2.34. The topological polar surface area (TPSA) is 144 Å². The van der Waals surface area contributed by atoms with Crippen molar-refractivity contribution in [3.63, 3.8) is 0 Å². The Kier molecular flexibility index (Phi) is 4.34. The molecule has 0 unspecified atom stereocenters. The van der Waals surface area contributed by atoms with Gasteiger partial charge in [0.2, 0.25) is 18.6 Å². The van der Waals surface area contributed by atoms with Crippen LogP contribution in [0.2, 0.25) is 0 Å². The number of ether oxygens (including phenoxy) is 2. The molecular weight excluding hydrogens is 370 g/mol. The van der Waals surface area contributed by atoms with Crippen LogP contribution in [0.15, 0.2) is 26.2 Å². The van der Waals surface area contributed by atoms with E-state index < -0.39 is 17.2 Å². The maximum absolute atomic E-state index is 12.9. The van der Waals surface area contributed by atoms with Gasteiger partial charge in [-0.15, -0.1) is 0 Å². The average Bonchev–Trinajstić information content (AvgIpc) is 3.28. The Labute approximate surface area is 157 Å². The standard InChI is InChI=1S/C17H17N5O6/c1-9-19-15(28-20-9)3-2-4-21-16(24)10-5-12-13(27-8-26-12)6-11(10)22(17(21)25)7-14(18)23/h5-6H,2-4,7-8H2,1H3,(H2,18,23). The van der Waals surface area contributed by atoms with E-state index in [2.05, 4.69) is 10.1 Å². The van der Waals surface area contributed by atoms with Gasteiger partial charge in [0.15, 0.2) is 17.3 Å². The van der Waals surface area contributed by atoms with Gasteiger partial charge in [-0.05, 0) is 19.4 Å². The van der Waals surface area contributed by atoms with Crippen molar-refractivity contribution in [3.8, 4) is 11.5 Å². The van der Waals surface area contributed by atoms with Crippen molar-refractivity contribution >= 4 is 16.8 Å². The molecular formula is C17H17N5O6. The van der Waals surface area contributed by atoms with Crippen molar-refractivity contribution in [1.29, 1.82) is 0 Å². The molecule has 1 amide bonds. The first kappa shape index (κ1) is 17.8. The molecule has 0 fully saturated rings. The number of primary amides is 1. The molecule has 0 spiro atoms. The number of amides is 1. The number of hydrogen-bond acceptors (Lipinski definition) is 8. The molecule has 146 valence electrons. The Morgan fingerprint density at radius 3 is 2.64 bits per heavy atom. The van der Waals surface area contributed by atoms with E-state index in [0.29, 0.717) is 36.1 Å². The molecule has 2 N–H and O–H groups in total. The van der Waals surface area contributed by atoms with Crippen LogP contribution < -0.4 is 26.5 Å². The monoisotopic (exact) mass is 387 g/mol. The third-order valence-electron chi connectivity index (χ3n) is 4.38. The van der Waals surface area contributed by atoms with Crippen molar-refractivity contribution in [2.24, 2.45) is 5.73 Å². The summed E-state index contributed by atoms with van der Waals surface area (Å²) < 4.78 is 17.9. The molecule has 1 aliphatic rings. The van der Waals surface area contributed by atoms with E-state index in [4.69, 9.17) is 19.7 Å². The Hall–Kier alpha value is -3.63. The second kappa shape index (κ2) is 6.83. The van der Waals surface area contributed by atoms with Gasteiger partial charge in [-0.1, -0.05) is 5.16 Å². The lowest BCUT2D eigenvalue weighted by atomic mass is 10.2. The summed E-state index contributed by atoms with van der Waals surface area (Å²) in [6.45, 7) is 1.47. The zero-order chi connectivity index (χ0) is 19.8. The van der Waals surface area contributed by atoms with Crippen LogP contribution in [0.25, 0.3) is 10.9 Å². The van der Waals surface area contributed by atoms with Crippen LogP contribution in [-0.4, -0.2) is 32.0 Å². The minimum absolute atomic E-state index is 0.0174. The maximum Gasteiger partial charge on any atom is 0.331 e. The van der Waals surface area contributed by atoms with Crippen LogP contribution in [0.5, 0.6) is 11.5 Å². The fraction of sp³-hybridized carbons (Fsp3) is 0.353. The summed E-state index contributed by atoms with van der Waals surface area (Å²) in [7, 11) is 0. The minimum atomic E-state index is -0.701. The second-order valence-electron chi connectivity index (χ2n) is 6.35. The Balaban J connectivity index is 1.77. The number of aromatic nitrogens is 4. The predicted octanol–water partition coefficient (Wildman–Crippen LogP) is -0.299. The molecule has 1 aliphatic heterocycles. The van der Waals surface area contributed by atoms with E-state index in [1.807, 2.05) is 0 Å². The number of carbonyl (C=O) groups excluding carboxylic acids is 1. The summed E-state index contributed by atoms with van der Waals surface area (Å²) >= 11 is 0. The van der Waals surface area contributed by atoms with Crippen LogP contribution in [0.1, 0.15) is 18.1 Å². The van der Waals surface area contributed by atoms with Gasteiger partial charge in [-0.2, -0.15) is 4.98 Å². The largest absolute Gasteiger partial charge is 0.454 e. The van der Waals surface area contributed by atoms with Crippen LogP contribution in [0.3, 0.4) is 0 Å². The lowest BCUT2D eigenvalue weighted by Crippen LogP contribution is -2.42. The highest BCUT2D eigenvalue weighted by Gasteiger charge is 2.21. The third-order valence-corrected chi connectivity index (χ3v) is 4.38. The zero-order valence-corrected chi connectivity index (χ0v) is 15.0. The number of rotatable bonds is 6. The van der Waals surface area contributed by atoms with E-state index in [9.17, 15) is 14.4 Å². The molecule has 0 saturated heterocycles. The number of nitrogens with zero attached hydrogens (tertiary/aromatic N) is 4. The van der Waals surface area contributed by atoms with Crippen molar-refractivity contribution in [3.05, 3.63) is 44.7 Å². The zero-order valence-electron chi connectivity index (χ0n) is 15.0. The number of fused-ring (bicyclic) bond motifs is 2. The number of aryl methyl sites for hydroxylation is 2. The van der Waals surface area contributed by atoms with Crippen molar-refractivity contribution in [1.82, 2.24) is 19.3 Å². The molecule has 28 heavy (non-hydrogen) atoms. The van der Waals surface area contributed by atoms with Gasteiger partial charge < -0.3 is 19.7 Å². The van der Waals surface area contributed by atoms with Gasteiger partial charge in [-0.3, -0.25) is 18.7 Å². The van der Waals surface area contributed by atoms with Gasteiger partial charge in [0, 0.05) is 19.0 Å². The van der Waals surface area contributed by atoms with E-state index in [0.717, 1.165) is 9.13 Å². The molecule has 0 aliphatic carbocycles. The molecule has 3 aromatic rings. The molecule has 11 heteroatoms. The van der Waals surface area contributed by atoms with Gasteiger partial charge in [0.05, 0.1) is 10.9 Å². The van der Waals surface area contributed by atoms with E-state index in [1.165, 1.54) is 12.1 Å². The van der Waals surface area contributed by atoms with Crippen molar-refractivity contribution in [2.45, 2.75) is 32.9 Å². The summed E-state index contributed by atoms with van der Waals surface area (Å²) in [6, 6.07) is 3.02. The molecule has 1 aromatic carbocycles. The molecule has 11 nitrogen and oxygen atoms in total. The number of benzene rings is 1. The molecule has 2 aromatic heterocycles. The fourth-order valence-electron chi connectivity index (χ4n) is 3.14. The molecule has 0 atom stereocenters. The first-order valence-electron chi connectivity index (χ1n) is 8.58. The molecule has 4 rings (SSSR count). The third kappa shape index (κ3) is 3.10. The smallest absolute Gasteiger partial charge is 0.331 e. The first-order valence-corrected chi connectivity index (χ1v) is 8.58. The Morgan fingerprint density at radius 2 is 1.96 bits per heavy atom. The summed E-state index contributed by atoms with van der Waals surface area (Å²) in [4.78, 5) is 41.4. The number of carbonyl (C=O) groups is 1. The van der Waals surface area contributed by atoms with Crippen molar-refractivity contribution in [2.75, 3.05) is 6.79 Å². The van der Waals surface area contributed by atoms with Crippen LogP contribution >= 0.6 is 0 Å². The normalized spacial score (nSPS) is 12.6. The van der Waals surface area contributed by atoms with Crippen LogP contribution in [0.4, 0.5) is 0 Å². The highest BCUT2D eigenvalue weighted by molar-refractivity contribution is 5.84. The second-order valence-corrected chi connectivity index (χ2v) is 6.35. The quantitative estimate of drug-likeness (QED) is 0.607. The number of hydrogen-bond donors (Lipinski definition) is 1. The van der Waals surface area contributed by atoms with Gasteiger partial charge >= 0.3 is 5.69 Å². The molecule has 0 bridgehead atoms. The van der Waals surface area contributed by atoms with Gasteiger partial charge in [-0.25, -0.2) is 4.79 Å². The highest BCUT2D eigenvalue weighted by atomic mass is 16.7. The predicted molar refractivity (Wildman–Crippen MR) is 95.1 cm³/mol. The summed E-state index contributed by atoms with van der Waals surface area (Å²) in [5.41, 5.74) is 4.45. The summed E-state index contributed by atoms with van der Waals surface area (Å²) in [5.74, 6) is 1.04. The Bertz CT molecular complexity index is 1190. The SMILES string of the molecule is Cc1noc(CCCn2c(=O)c3cc4c(cc3n(CC(N)=O)c2=O)OCO4)n1. The van der Waals surface area contributed by atoms with Crippen LogP contribution in [-0.2, 0) is 24.3 Å². The lowest BCUT2D eigenvalue weighted by molar-refractivity contribution is -0.118. The van der Waals surface area contributed by atoms with E-state index in [-0.39, 0.29) is 30.8 Å². The first-order chi connectivity index (χ1) is 13.4. The van der Waals surface area contributed by atoms with E-state index >= 15 is 0 Å². The molecule has 0 saturated carbocycles. The van der Waals surface area contributed by atoms with Crippen molar-refractivity contribution < 1.29 is 18.8 Å². The van der Waals surface area contributed by atoms with Gasteiger partial charge in [0.25, 0.3) is 5.56 Å². The fourth-order valence-corrected chi connectivity index (χ4v) is 3.14. The van der Waals surface area contributed by atoms with Gasteiger partial charge in [0.1, 0.15) is 6.54 Å². The average molecular weight is 387 g/mol. The van der Waals surface area contributed by atoms with Crippen LogP contribution in [0, 0.1) is 6.92 Å². The molecule has 3 heterocycles. The summed E-state index contributed by atoms with van der Waals surface area (Å²) in [6.07, 6.45) is 0.825. The Morgan fingerprint density at radius 1 is 1.21 bits per heavy atom. The minimum Gasteiger partial charge on any atom is -0.454 e. The number of nitrogens with two attached hydrogens (primary N) is 1.